The van der Waals surface area contributed by atoms with Crippen molar-refractivity contribution in [2.45, 2.75) is 19.8 Å². The van der Waals surface area contributed by atoms with E-state index in [1.807, 2.05) is 0 Å². The van der Waals surface area contributed by atoms with Gasteiger partial charge in [0, 0.05) is 17.8 Å². The number of benzene rings is 2. The number of H-pyrrole nitrogens is 1. The zero-order chi connectivity index (χ0) is 13.5. The molecule has 2 N–H and O–H groups in total. The van der Waals surface area contributed by atoms with Gasteiger partial charge in [-0.2, -0.15) is 0 Å². The summed E-state index contributed by atoms with van der Waals surface area (Å²) in [5.41, 5.74) is 7.27. The van der Waals surface area contributed by atoms with E-state index < -0.39 is 0 Å². The molecule has 0 bridgehead atoms. The fraction of sp³-hybridized carbons (Fsp3) is 0.235. The molecule has 0 atom stereocenters. The molecule has 3 nitrogen and oxygen atoms in total. The fourth-order valence-corrected chi connectivity index (χ4v) is 2.98. The summed E-state index contributed by atoms with van der Waals surface area (Å²) in [4.78, 5) is 8.21. The molecule has 3 heteroatoms. The monoisotopic (exact) mass is 263 g/mol. The van der Waals surface area contributed by atoms with Gasteiger partial charge >= 0.3 is 0 Å². The van der Waals surface area contributed by atoms with E-state index in [1.54, 1.807) is 0 Å². The molecule has 0 amide bonds. The summed E-state index contributed by atoms with van der Waals surface area (Å²) in [7, 11) is 0. The van der Waals surface area contributed by atoms with E-state index in [2.05, 4.69) is 53.6 Å². The Morgan fingerprint density at radius 3 is 3.05 bits per heavy atom. The zero-order valence-corrected chi connectivity index (χ0v) is 11.5. The van der Waals surface area contributed by atoms with Crippen molar-refractivity contribution in [2.24, 2.45) is 0 Å². The lowest BCUT2D eigenvalue weighted by molar-refractivity contribution is 0.831. The van der Waals surface area contributed by atoms with Crippen LogP contribution in [-0.4, -0.2) is 16.5 Å². The molecule has 1 aliphatic rings. The van der Waals surface area contributed by atoms with Crippen LogP contribution in [0.1, 0.15) is 17.5 Å². The Bertz CT molecular complexity index is 786. The molecule has 2 heterocycles. The first-order valence-electron chi connectivity index (χ1n) is 7.14. The normalized spacial score (nSPS) is 14.1. The van der Waals surface area contributed by atoms with Crippen molar-refractivity contribution >= 4 is 16.7 Å². The van der Waals surface area contributed by atoms with Crippen LogP contribution in [0.4, 0.5) is 5.69 Å². The van der Waals surface area contributed by atoms with Gasteiger partial charge in [0.05, 0.1) is 11.0 Å². The van der Waals surface area contributed by atoms with Gasteiger partial charge < -0.3 is 10.3 Å². The number of hydrogen-bond donors (Lipinski definition) is 2. The van der Waals surface area contributed by atoms with Crippen molar-refractivity contribution in [3.05, 3.63) is 47.5 Å². The number of aromatic amines is 1. The molecule has 0 radical (unpaired) electrons. The van der Waals surface area contributed by atoms with Crippen molar-refractivity contribution < 1.29 is 0 Å². The van der Waals surface area contributed by atoms with Crippen LogP contribution in [0.15, 0.2) is 36.4 Å². The Labute approximate surface area is 118 Å². The van der Waals surface area contributed by atoms with Crippen LogP contribution >= 0.6 is 0 Å². The van der Waals surface area contributed by atoms with Crippen LogP contribution in [0, 0.1) is 6.92 Å². The van der Waals surface area contributed by atoms with Crippen molar-refractivity contribution in [2.75, 3.05) is 11.9 Å². The van der Waals surface area contributed by atoms with Crippen LogP contribution in [0.2, 0.25) is 0 Å². The molecule has 2 aromatic carbocycles. The fourth-order valence-electron chi connectivity index (χ4n) is 2.98. The molecule has 1 aliphatic heterocycles. The van der Waals surface area contributed by atoms with Gasteiger partial charge in [-0.3, -0.25) is 0 Å². The number of hydrogen-bond acceptors (Lipinski definition) is 2. The van der Waals surface area contributed by atoms with E-state index in [0.29, 0.717) is 0 Å². The number of fused-ring (bicyclic) bond motifs is 2. The zero-order valence-electron chi connectivity index (χ0n) is 11.5. The largest absolute Gasteiger partial charge is 0.385 e. The van der Waals surface area contributed by atoms with E-state index in [9.17, 15) is 0 Å². The van der Waals surface area contributed by atoms with E-state index in [1.165, 1.54) is 28.8 Å². The quantitative estimate of drug-likeness (QED) is 0.699. The predicted octanol–water partition coefficient (Wildman–Crippen LogP) is 3.90. The highest BCUT2D eigenvalue weighted by Crippen LogP contribution is 2.32. The molecule has 100 valence electrons. The minimum absolute atomic E-state index is 0.978. The third-order valence-corrected chi connectivity index (χ3v) is 3.99. The molecule has 0 saturated carbocycles. The second-order valence-electron chi connectivity index (χ2n) is 5.47. The third-order valence-electron chi connectivity index (χ3n) is 3.99. The maximum Gasteiger partial charge on any atom is 0.138 e. The van der Waals surface area contributed by atoms with Gasteiger partial charge in [0.2, 0.25) is 0 Å². The first-order chi connectivity index (χ1) is 9.81. The Morgan fingerprint density at radius 2 is 2.10 bits per heavy atom. The Morgan fingerprint density at radius 1 is 1.15 bits per heavy atom. The number of imidazole rings is 1. The lowest BCUT2D eigenvalue weighted by Gasteiger charge is -2.20. The molecular weight excluding hydrogens is 246 g/mol. The maximum absolute atomic E-state index is 4.75. The number of aryl methyl sites for hydroxylation is 1. The van der Waals surface area contributed by atoms with E-state index in [4.69, 9.17) is 4.98 Å². The summed E-state index contributed by atoms with van der Waals surface area (Å²) < 4.78 is 0. The van der Waals surface area contributed by atoms with Crippen molar-refractivity contribution in [1.29, 1.82) is 0 Å². The lowest BCUT2D eigenvalue weighted by atomic mass is 9.97. The van der Waals surface area contributed by atoms with E-state index in [-0.39, 0.29) is 0 Å². The summed E-state index contributed by atoms with van der Waals surface area (Å²) in [5, 5.41) is 3.47. The Balaban J connectivity index is 1.90. The Hall–Kier alpha value is -2.29. The second kappa shape index (κ2) is 4.37. The first kappa shape index (κ1) is 11.5. The highest BCUT2D eigenvalue weighted by molar-refractivity contribution is 5.82. The molecule has 3 aromatic rings. The van der Waals surface area contributed by atoms with Gasteiger partial charge in [0.25, 0.3) is 0 Å². The first-order valence-corrected chi connectivity index (χ1v) is 7.14. The van der Waals surface area contributed by atoms with Gasteiger partial charge in [-0.15, -0.1) is 0 Å². The summed E-state index contributed by atoms with van der Waals surface area (Å²) in [6.07, 6.45) is 2.30. The molecule has 4 rings (SSSR count). The number of anilines is 1. The van der Waals surface area contributed by atoms with Crippen LogP contribution in [0.5, 0.6) is 0 Å². The smallest absolute Gasteiger partial charge is 0.138 e. The van der Waals surface area contributed by atoms with Gasteiger partial charge in [0.15, 0.2) is 0 Å². The minimum atomic E-state index is 0.978. The van der Waals surface area contributed by atoms with Crippen molar-refractivity contribution in [3.63, 3.8) is 0 Å². The molecular formula is C17H17N3. The summed E-state index contributed by atoms with van der Waals surface area (Å²) >= 11 is 0. The molecule has 1 aromatic heterocycles. The second-order valence-corrected chi connectivity index (χ2v) is 5.47. The Kier molecular flexibility index (Phi) is 2.52. The highest BCUT2D eigenvalue weighted by atomic mass is 14.9. The lowest BCUT2D eigenvalue weighted by Crippen LogP contribution is -2.12. The number of aromatic nitrogens is 2. The van der Waals surface area contributed by atoms with Gasteiger partial charge in [-0.25, -0.2) is 4.98 Å². The topological polar surface area (TPSA) is 40.7 Å². The molecule has 0 fully saturated rings. The minimum Gasteiger partial charge on any atom is -0.385 e. The standard InChI is InChI=1S/C17H17N3/c1-11-7-8-15-16(10-11)20-17(19-15)13-4-2-6-14-12(13)5-3-9-18-14/h2,4,6-8,10,18H,3,5,9H2,1H3,(H,19,20). The van der Waals surface area contributed by atoms with Gasteiger partial charge in [-0.05, 0) is 49.1 Å². The van der Waals surface area contributed by atoms with Gasteiger partial charge in [-0.1, -0.05) is 18.2 Å². The number of nitrogens with zero attached hydrogens (tertiary/aromatic N) is 1. The van der Waals surface area contributed by atoms with Gasteiger partial charge in [0.1, 0.15) is 5.82 Å². The molecule has 0 saturated heterocycles. The van der Waals surface area contributed by atoms with Crippen LogP contribution < -0.4 is 5.32 Å². The summed E-state index contributed by atoms with van der Waals surface area (Å²) in [6, 6.07) is 12.8. The SMILES string of the molecule is Cc1ccc2nc(-c3cccc4c3CCCN4)[nH]c2c1. The third kappa shape index (κ3) is 1.78. The van der Waals surface area contributed by atoms with E-state index in [0.717, 1.165) is 29.8 Å². The average Bonchev–Trinajstić information content (AvgIpc) is 2.89. The van der Waals surface area contributed by atoms with Crippen LogP contribution in [-0.2, 0) is 6.42 Å². The highest BCUT2D eigenvalue weighted by Gasteiger charge is 2.15. The summed E-state index contributed by atoms with van der Waals surface area (Å²) in [6.45, 7) is 3.17. The van der Waals surface area contributed by atoms with E-state index >= 15 is 0 Å². The molecule has 0 unspecified atom stereocenters. The predicted molar refractivity (Wildman–Crippen MR) is 83.1 cm³/mol. The molecule has 0 aliphatic carbocycles. The van der Waals surface area contributed by atoms with Crippen LogP contribution in [0.3, 0.4) is 0 Å². The van der Waals surface area contributed by atoms with Crippen molar-refractivity contribution in [3.8, 4) is 11.4 Å². The average molecular weight is 263 g/mol. The number of rotatable bonds is 1. The molecule has 0 spiro atoms. The van der Waals surface area contributed by atoms with Crippen molar-refractivity contribution in [1.82, 2.24) is 9.97 Å². The molecule has 20 heavy (non-hydrogen) atoms. The summed E-state index contributed by atoms with van der Waals surface area (Å²) in [5.74, 6) is 0.978. The number of nitrogens with one attached hydrogen (secondary N) is 2. The maximum atomic E-state index is 4.75. The van der Waals surface area contributed by atoms with Crippen LogP contribution in [0.25, 0.3) is 22.4 Å².